The zero-order valence-electron chi connectivity index (χ0n) is 11.4. The number of hydrogen-bond acceptors (Lipinski definition) is 5. The van der Waals surface area contributed by atoms with E-state index in [1.165, 1.54) is 6.20 Å². The van der Waals surface area contributed by atoms with Gasteiger partial charge < -0.3 is 15.2 Å². The molecule has 1 aromatic heterocycles. The fraction of sp³-hybridized carbons (Fsp3) is 0.214. The van der Waals surface area contributed by atoms with E-state index in [2.05, 4.69) is 4.98 Å². The van der Waals surface area contributed by atoms with Crippen LogP contribution in [0.2, 0.25) is 0 Å². The Kier molecular flexibility index (Phi) is 4.53. The van der Waals surface area contributed by atoms with Crippen molar-refractivity contribution in [1.82, 2.24) is 4.98 Å². The summed E-state index contributed by atoms with van der Waals surface area (Å²) in [5, 5.41) is 0.521. The molecule has 0 saturated carbocycles. The number of nitrogen functional groups attached to an aromatic ring is 1. The molecule has 2 rings (SSSR count). The highest BCUT2D eigenvalue weighted by Gasteiger charge is 2.18. The van der Waals surface area contributed by atoms with E-state index in [1.54, 1.807) is 19.8 Å². The highest BCUT2D eigenvalue weighted by atomic mass is 31.1. The molecule has 0 aliphatic heterocycles. The van der Waals surface area contributed by atoms with Crippen molar-refractivity contribution in [2.75, 3.05) is 19.5 Å². The molecule has 0 radical (unpaired) electrons. The summed E-state index contributed by atoms with van der Waals surface area (Å²) in [6, 6.07) is 9.25. The summed E-state index contributed by atoms with van der Waals surface area (Å²) in [5.41, 5.74) is 6.67. The van der Waals surface area contributed by atoms with Crippen molar-refractivity contribution in [3.63, 3.8) is 0 Å². The standard InChI is InChI=1S/C14H16N2O3P/c1-18-11-5-3-10(4-6-11)9-19-12-7-13(20(2)17)14(15)16-8-12/h3-8H,9H2,1-2H3,(H2,15,16)/q+1. The number of benzene rings is 1. The minimum atomic E-state index is -1.54. The summed E-state index contributed by atoms with van der Waals surface area (Å²) >= 11 is 0. The smallest absolute Gasteiger partial charge is 0.377 e. The number of nitrogens with two attached hydrogens (primary N) is 1. The van der Waals surface area contributed by atoms with Crippen molar-refractivity contribution in [3.05, 3.63) is 42.1 Å². The average Bonchev–Trinajstić information content (AvgIpc) is 2.46. The van der Waals surface area contributed by atoms with Crippen LogP contribution in [0.15, 0.2) is 36.5 Å². The van der Waals surface area contributed by atoms with E-state index in [0.29, 0.717) is 17.7 Å². The van der Waals surface area contributed by atoms with Crippen molar-refractivity contribution in [1.29, 1.82) is 0 Å². The number of rotatable bonds is 5. The van der Waals surface area contributed by atoms with E-state index >= 15 is 0 Å². The van der Waals surface area contributed by atoms with Gasteiger partial charge in [0, 0.05) is 6.07 Å². The van der Waals surface area contributed by atoms with E-state index in [0.717, 1.165) is 11.3 Å². The van der Waals surface area contributed by atoms with Crippen LogP contribution in [0.25, 0.3) is 0 Å². The first-order valence-corrected chi connectivity index (χ1v) is 7.73. The maximum absolute atomic E-state index is 11.5. The van der Waals surface area contributed by atoms with Crippen molar-refractivity contribution in [3.8, 4) is 11.5 Å². The summed E-state index contributed by atoms with van der Waals surface area (Å²) < 4.78 is 22.2. The number of methoxy groups -OCH3 is 1. The lowest BCUT2D eigenvalue weighted by molar-refractivity contribution is 0.305. The van der Waals surface area contributed by atoms with Crippen LogP contribution in [0.1, 0.15) is 5.56 Å². The highest BCUT2D eigenvalue weighted by molar-refractivity contribution is 7.53. The van der Waals surface area contributed by atoms with Gasteiger partial charge in [-0.2, -0.15) is 0 Å². The first-order valence-electron chi connectivity index (χ1n) is 6.02. The molecule has 0 aliphatic rings. The van der Waals surface area contributed by atoms with Crippen LogP contribution >= 0.6 is 7.80 Å². The molecule has 0 spiro atoms. The van der Waals surface area contributed by atoms with Crippen LogP contribution in [0.4, 0.5) is 5.82 Å². The van der Waals surface area contributed by atoms with Gasteiger partial charge in [-0.05, 0) is 17.7 Å². The Morgan fingerprint density at radius 2 is 1.95 bits per heavy atom. The molecule has 2 N–H and O–H groups in total. The number of anilines is 1. The van der Waals surface area contributed by atoms with Crippen molar-refractivity contribution in [2.24, 2.45) is 0 Å². The number of aromatic nitrogens is 1. The Hall–Kier alpha value is -2.13. The maximum atomic E-state index is 11.5. The second-order valence-corrected chi connectivity index (χ2v) is 5.69. The Balaban J connectivity index is 2.06. The second kappa shape index (κ2) is 6.35. The molecule has 2 aromatic rings. The second-order valence-electron chi connectivity index (χ2n) is 4.21. The molecule has 1 aromatic carbocycles. The van der Waals surface area contributed by atoms with Crippen LogP contribution in [0.5, 0.6) is 11.5 Å². The highest BCUT2D eigenvalue weighted by Crippen LogP contribution is 2.21. The normalized spacial score (nSPS) is 11.0. The van der Waals surface area contributed by atoms with Gasteiger partial charge in [0.2, 0.25) is 5.30 Å². The third-order valence-electron chi connectivity index (χ3n) is 2.78. The fourth-order valence-electron chi connectivity index (χ4n) is 1.66. The number of pyridine rings is 1. The van der Waals surface area contributed by atoms with Gasteiger partial charge in [-0.3, -0.25) is 0 Å². The molecule has 0 bridgehead atoms. The van der Waals surface area contributed by atoms with Gasteiger partial charge in [-0.1, -0.05) is 16.7 Å². The van der Waals surface area contributed by atoms with Crippen LogP contribution < -0.4 is 20.5 Å². The van der Waals surface area contributed by atoms with Gasteiger partial charge in [0.05, 0.1) is 13.3 Å². The topological polar surface area (TPSA) is 74.4 Å². The molecule has 5 nitrogen and oxygen atoms in total. The molecular weight excluding hydrogens is 275 g/mol. The van der Waals surface area contributed by atoms with E-state index in [9.17, 15) is 4.57 Å². The largest absolute Gasteiger partial charge is 0.497 e. The van der Waals surface area contributed by atoms with Crippen molar-refractivity contribution < 1.29 is 14.0 Å². The summed E-state index contributed by atoms with van der Waals surface area (Å²) in [5.74, 6) is 1.63. The molecule has 0 amide bonds. The summed E-state index contributed by atoms with van der Waals surface area (Å²) in [6.45, 7) is 1.99. The van der Waals surface area contributed by atoms with Gasteiger partial charge in [-0.15, -0.1) is 0 Å². The van der Waals surface area contributed by atoms with Gasteiger partial charge in [0.1, 0.15) is 24.8 Å². The van der Waals surface area contributed by atoms with E-state index in [4.69, 9.17) is 15.2 Å². The minimum absolute atomic E-state index is 0.283. The average molecular weight is 291 g/mol. The van der Waals surface area contributed by atoms with Crippen LogP contribution in [-0.2, 0) is 11.2 Å². The number of nitrogens with zero attached hydrogens (tertiary/aromatic N) is 1. The third kappa shape index (κ3) is 3.45. The fourth-order valence-corrected chi connectivity index (χ4v) is 2.35. The zero-order valence-corrected chi connectivity index (χ0v) is 12.3. The molecule has 0 saturated heterocycles. The Morgan fingerprint density at radius 3 is 2.55 bits per heavy atom. The predicted octanol–water partition coefficient (Wildman–Crippen LogP) is 2.33. The molecular formula is C14H16N2O3P+. The Bertz CT molecular complexity index is 614. The monoisotopic (exact) mass is 291 g/mol. The quantitative estimate of drug-likeness (QED) is 0.856. The van der Waals surface area contributed by atoms with Gasteiger partial charge in [0.15, 0.2) is 5.82 Å². The number of hydrogen-bond donors (Lipinski definition) is 1. The van der Waals surface area contributed by atoms with Crippen LogP contribution in [0.3, 0.4) is 0 Å². The molecule has 1 atom stereocenters. The molecule has 0 fully saturated rings. The molecule has 6 heteroatoms. The summed E-state index contributed by atoms with van der Waals surface area (Å²) in [7, 11) is 0.0858. The predicted molar refractivity (Wildman–Crippen MR) is 79.1 cm³/mol. The first kappa shape index (κ1) is 14.3. The van der Waals surface area contributed by atoms with E-state index in [-0.39, 0.29) is 5.82 Å². The van der Waals surface area contributed by atoms with Gasteiger partial charge in [-0.25, -0.2) is 4.98 Å². The van der Waals surface area contributed by atoms with E-state index in [1.807, 2.05) is 24.3 Å². The molecule has 1 heterocycles. The minimum Gasteiger partial charge on any atom is -0.497 e. The number of ether oxygens (including phenoxy) is 2. The Labute approximate surface area is 118 Å². The first-order chi connectivity index (χ1) is 9.60. The Morgan fingerprint density at radius 1 is 1.25 bits per heavy atom. The summed E-state index contributed by atoms with van der Waals surface area (Å²) in [4.78, 5) is 3.99. The lowest BCUT2D eigenvalue weighted by atomic mass is 10.2. The van der Waals surface area contributed by atoms with Crippen LogP contribution in [-0.4, -0.2) is 18.8 Å². The molecule has 104 valence electrons. The SMILES string of the molecule is COc1ccc(COc2cnc(N)c([P+](C)=O)c2)cc1. The van der Waals surface area contributed by atoms with Crippen LogP contribution in [0, 0.1) is 0 Å². The maximum Gasteiger partial charge on any atom is 0.377 e. The van der Waals surface area contributed by atoms with Gasteiger partial charge >= 0.3 is 7.80 Å². The van der Waals surface area contributed by atoms with Crippen molar-refractivity contribution in [2.45, 2.75) is 6.61 Å². The lowest BCUT2D eigenvalue weighted by Gasteiger charge is -2.07. The third-order valence-corrected chi connectivity index (χ3v) is 3.81. The molecule has 1 unspecified atom stereocenters. The lowest BCUT2D eigenvalue weighted by Crippen LogP contribution is -2.08. The molecule has 0 aliphatic carbocycles. The zero-order chi connectivity index (χ0) is 14.5. The molecule has 20 heavy (non-hydrogen) atoms. The summed E-state index contributed by atoms with van der Waals surface area (Å²) in [6.07, 6.45) is 1.53. The van der Waals surface area contributed by atoms with Gasteiger partial charge in [0.25, 0.3) is 0 Å². The van der Waals surface area contributed by atoms with E-state index < -0.39 is 7.80 Å². The van der Waals surface area contributed by atoms with Crippen molar-refractivity contribution >= 4 is 18.9 Å².